The van der Waals surface area contributed by atoms with Crippen LogP contribution in [0.2, 0.25) is 0 Å². The van der Waals surface area contributed by atoms with Crippen molar-refractivity contribution in [2.24, 2.45) is 0 Å². The Hall–Kier alpha value is -3.42. The van der Waals surface area contributed by atoms with Gasteiger partial charge in [-0.3, -0.25) is 4.79 Å². The summed E-state index contributed by atoms with van der Waals surface area (Å²) in [5.41, 5.74) is 5.90. The molecule has 30 heavy (non-hydrogen) atoms. The number of aromatic hydroxyl groups is 1. The number of methoxy groups -OCH3 is 1. The van der Waals surface area contributed by atoms with Crippen molar-refractivity contribution in [1.29, 1.82) is 0 Å². The number of phenols is 1. The van der Waals surface area contributed by atoms with Crippen LogP contribution in [0.25, 0.3) is 0 Å². The van der Waals surface area contributed by atoms with Gasteiger partial charge in [0.05, 0.1) is 35.7 Å². The van der Waals surface area contributed by atoms with Gasteiger partial charge in [-0.15, -0.1) is 0 Å². The zero-order valence-electron chi connectivity index (χ0n) is 18.0. The van der Waals surface area contributed by atoms with Gasteiger partial charge in [-0.05, 0) is 65.0 Å². The number of carbonyl (C=O) groups excluding carboxylic acids is 2. The van der Waals surface area contributed by atoms with Gasteiger partial charge in [0.1, 0.15) is 11.4 Å². The first kappa shape index (κ1) is 22.9. The average molecular weight is 416 g/mol. The summed E-state index contributed by atoms with van der Waals surface area (Å²) in [6, 6.07) is 7.43. The van der Waals surface area contributed by atoms with E-state index in [1.807, 2.05) is 13.8 Å². The number of ether oxygens (including phenoxy) is 3. The van der Waals surface area contributed by atoms with Gasteiger partial charge in [0.15, 0.2) is 11.5 Å². The van der Waals surface area contributed by atoms with Crippen molar-refractivity contribution in [3.8, 4) is 17.2 Å². The summed E-state index contributed by atoms with van der Waals surface area (Å²) in [6.45, 7) is 8.97. The standard InChI is InChI=1S/C22H28N2O6/c1-12(2)29-17-11-13(21(27)30-22(3,4)5)7-10-16(17)24-20(26)14-8-9-15(23)19(28-6)18(14)25/h7-12,25H,23H2,1-6H3,(H,24,26). The van der Waals surface area contributed by atoms with E-state index in [-0.39, 0.29) is 34.4 Å². The largest absolute Gasteiger partial charge is 0.504 e. The van der Waals surface area contributed by atoms with E-state index in [9.17, 15) is 14.7 Å². The molecule has 0 aliphatic heterocycles. The normalized spacial score (nSPS) is 11.2. The fraction of sp³-hybridized carbons (Fsp3) is 0.364. The number of nitrogen functional groups attached to an aromatic ring is 1. The second-order valence-electron chi connectivity index (χ2n) is 7.92. The highest BCUT2D eigenvalue weighted by Crippen LogP contribution is 2.36. The maximum atomic E-state index is 12.7. The van der Waals surface area contributed by atoms with Crippen molar-refractivity contribution in [3.05, 3.63) is 41.5 Å². The quantitative estimate of drug-likeness (QED) is 0.481. The zero-order valence-corrected chi connectivity index (χ0v) is 18.0. The van der Waals surface area contributed by atoms with Gasteiger partial charge in [-0.25, -0.2) is 4.79 Å². The van der Waals surface area contributed by atoms with Crippen molar-refractivity contribution in [2.45, 2.75) is 46.3 Å². The van der Waals surface area contributed by atoms with Gasteiger partial charge in [0, 0.05) is 0 Å². The Morgan fingerprint density at radius 2 is 1.80 bits per heavy atom. The Balaban J connectivity index is 2.37. The minimum Gasteiger partial charge on any atom is -0.504 e. The highest BCUT2D eigenvalue weighted by molar-refractivity contribution is 6.08. The van der Waals surface area contributed by atoms with E-state index in [1.54, 1.807) is 26.8 Å². The molecule has 8 heteroatoms. The van der Waals surface area contributed by atoms with Crippen LogP contribution in [0.3, 0.4) is 0 Å². The molecule has 0 aliphatic carbocycles. The van der Waals surface area contributed by atoms with Crippen molar-refractivity contribution < 1.29 is 28.9 Å². The predicted octanol–water partition coefficient (Wildman–Crippen LogP) is 3.98. The van der Waals surface area contributed by atoms with Gasteiger partial charge in [0.25, 0.3) is 5.91 Å². The van der Waals surface area contributed by atoms with Gasteiger partial charge >= 0.3 is 5.97 Å². The number of carbonyl (C=O) groups is 2. The lowest BCUT2D eigenvalue weighted by molar-refractivity contribution is 0.00689. The van der Waals surface area contributed by atoms with E-state index < -0.39 is 17.5 Å². The molecule has 0 heterocycles. The fourth-order valence-electron chi connectivity index (χ4n) is 2.62. The molecular weight excluding hydrogens is 388 g/mol. The average Bonchev–Trinajstić information content (AvgIpc) is 2.61. The van der Waals surface area contributed by atoms with Crippen molar-refractivity contribution >= 4 is 23.3 Å². The van der Waals surface area contributed by atoms with Crippen LogP contribution in [0.5, 0.6) is 17.2 Å². The third-order valence-corrected chi connectivity index (χ3v) is 3.84. The fourth-order valence-corrected chi connectivity index (χ4v) is 2.62. The van der Waals surface area contributed by atoms with Gasteiger partial charge in [0.2, 0.25) is 0 Å². The summed E-state index contributed by atoms with van der Waals surface area (Å²) < 4.78 is 16.2. The molecule has 0 unspecified atom stereocenters. The summed E-state index contributed by atoms with van der Waals surface area (Å²) in [6.07, 6.45) is -0.209. The van der Waals surface area contributed by atoms with Crippen LogP contribution in [0.4, 0.5) is 11.4 Å². The maximum absolute atomic E-state index is 12.7. The Morgan fingerprint density at radius 3 is 2.37 bits per heavy atom. The van der Waals surface area contributed by atoms with Crippen LogP contribution in [-0.4, -0.2) is 35.8 Å². The molecule has 0 fully saturated rings. The summed E-state index contributed by atoms with van der Waals surface area (Å²) >= 11 is 0. The monoisotopic (exact) mass is 416 g/mol. The van der Waals surface area contributed by atoms with Crippen LogP contribution >= 0.6 is 0 Å². The molecule has 162 valence electrons. The summed E-state index contributed by atoms with van der Waals surface area (Å²) in [5.74, 6) is -1.16. The second-order valence-corrected chi connectivity index (χ2v) is 7.92. The number of hydrogen-bond donors (Lipinski definition) is 3. The highest BCUT2D eigenvalue weighted by Gasteiger charge is 2.22. The number of anilines is 2. The maximum Gasteiger partial charge on any atom is 0.338 e. The lowest BCUT2D eigenvalue weighted by Crippen LogP contribution is -2.24. The van der Waals surface area contributed by atoms with E-state index in [0.29, 0.717) is 11.4 Å². The van der Waals surface area contributed by atoms with E-state index in [4.69, 9.17) is 19.9 Å². The summed E-state index contributed by atoms with van der Waals surface area (Å²) in [7, 11) is 1.34. The van der Waals surface area contributed by atoms with Crippen LogP contribution in [-0.2, 0) is 4.74 Å². The van der Waals surface area contributed by atoms with Gasteiger partial charge in [-0.2, -0.15) is 0 Å². The highest BCUT2D eigenvalue weighted by atomic mass is 16.6. The first-order valence-electron chi connectivity index (χ1n) is 9.43. The minimum atomic E-state index is -0.644. The molecule has 0 aromatic heterocycles. The number of nitrogens with one attached hydrogen (secondary N) is 1. The molecule has 0 saturated carbocycles. The lowest BCUT2D eigenvalue weighted by atomic mass is 10.1. The number of esters is 1. The summed E-state index contributed by atoms with van der Waals surface area (Å²) in [5, 5.41) is 13.0. The van der Waals surface area contributed by atoms with Crippen molar-refractivity contribution in [1.82, 2.24) is 0 Å². The molecule has 2 rings (SSSR count). The number of amides is 1. The van der Waals surface area contributed by atoms with E-state index >= 15 is 0 Å². The van der Waals surface area contributed by atoms with Gasteiger partial charge < -0.3 is 30.4 Å². The SMILES string of the molecule is COc1c(N)ccc(C(=O)Nc2ccc(C(=O)OC(C)(C)C)cc2OC(C)C)c1O. The van der Waals surface area contributed by atoms with Crippen LogP contribution in [0.15, 0.2) is 30.3 Å². The third-order valence-electron chi connectivity index (χ3n) is 3.84. The number of nitrogens with two attached hydrogens (primary N) is 1. The Labute approximate surface area is 175 Å². The van der Waals surface area contributed by atoms with Crippen molar-refractivity contribution in [2.75, 3.05) is 18.2 Å². The molecule has 0 spiro atoms. The molecule has 8 nitrogen and oxygen atoms in total. The molecule has 2 aromatic carbocycles. The van der Waals surface area contributed by atoms with Gasteiger partial charge in [-0.1, -0.05) is 0 Å². The van der Waals surface area contributed by atoms with E-state index in [1.165, 1.54) is 31.4 Å². The molecule has 0 aliphatic rings. The van der Waals surface area contributed by atoms with Crippen LogP contribution in [0, 0.1) is 0 Å². The molecule has 1 amide bonds. The van der Waals surface area contributed by atoms with Crippen molar-refractivity contribution in [3.63, 3.8) is 0 Å². The molecule has 4 N–H and O–H groups in total. The number of rotatable bonds is 6. The predicted molar refractivity (Wildman–Crippen MR) is 114 cm³/mol. The Kier molecular flexibility index (Phi) is 6.81. The lowest BCUT2D eigenvalue weighted by Gasteiger charge is -2.21. The Morgan fingerprint density at radius 1 is 1.13 bits per heavy atom. The third kappa shape index (κ3) is 5.56. The number of benzene rings is 2. The summed E-state index contributed by atoms with van der Waals surface area (Å²) in [4.78, 5) is 25.1. The van der Waals surface area contributed by atoms with E-state index in [2.05, 4.69) is 5.32 Å². The molecule has 2 aromatic rings. The second kappa shape index (κ2) is 8.94. The minimum absolute atomic E-state index is 0.0153. The smallest absolute Gasteiger partial charge is 0.338 e. The first-order chi connectivity index (χ1) is 13.9. The first-order valence-corrected chi connectivity index (χ1v) is 9.43. The molecule has 0 bridgehead atoms. The molecule has 0 atom stereocenters. The van der Waals surface area contributed by atoms with Crippen LogP contribution < -0.4 is 20.5 Å². The molecule has 0 radical (unpaired) electrons. The van der Waals surface area contributed by atoms with Crippen LogP contribution in [0.1, 0.15) is 55.3 Å². The Bertz CT molecular complexity index is 947. The number of phenolic OH excluding ortho intramolecular Hbond substituents is 1. The topological polar surface area (TPSA) is 120 Å². The van der Waals surface area contributed by atoms with E-state index in [0.717, 1.165) is 0 Å². The molecular formula is C22H28N2O6. The zero-order chi connectivity index (χ0) is 22.6. The number of hydrogen-bond acceptors (Lipinski definition) is 7. The molecule has 0 saturated heterocycles.